The minimum Gasteiger partial charge on any atom is -0.340 e. The lowest BCUT2D eigenvalue weighted by Crippen LogP contribution is -1.93. The average molecular weight is 261 g/mol. The molecule has 0 radical (unpaired) electrons. The summed E-state index contributed by atoms with van der Waals surface area (Å²) in [6, 6.07) is 4.77. The van der Waals surface area contributed by atoms with E-state index >= 15 is 0 Å². The minimum atomic E-state index is -0.283. The summed E-state index contributed by atoms with van der Waals surface area (Å²) in [7, 11) is 0. The Labute approximate surface area is 109 Å². The van der Waals surface area contributed by atoms with E-state index in [0.29, 0.717) is 11.3 Å². The molecule has 0 spiro atoms. The van der Waals surface area contributed by atoms with E-state index in [2.05, 4.69) is 21.8 Å². The summed E-state index contributed by atoms with van der Waals surface area (Å²) in [5.74, 6) is 5.90. The molecule has 18 heavy (non-hydrogen) atoms. The highest BCUT2D eigenvalue weighted by atomic mass is 32.2. The molecule has 5 heteroatoms. The maximum absolute atomic E-state index is 13.4. The van der Waals surface area contributed by atoms with Gasteiger partial charge in [-0.3, -0.25) is 0 Å². The molecule has 0 unspecified atom stereocenters. The number of hydrogen-bond acceptors (Lipinski definition) is 3. The quantitative estimate of drug-likeness (QED) is 0.657. The van der Waals surface area contributed by atoms with Gasteiger partial charge in [-0.05, 0) is 23.8 Å². The van der Waals surface area contributed by atoms with E-state index < -0.39 is 0 Å². The number of benzene rings is 1. The lowest BCUT2D eigenvalue weighted by Gasteiger charge is -2.01. The highest BCUT2D eigenvalue weighted by molar-refractivity contribution is 7.98. The van der Waals surface area contributed by atoms with Crippen molar-refractivity contribution >= 4 is 11.8 Å². The molecule has 1 heterocycles. The van der Waals surface area contributed by atoms with Crippen molar-refractivity contribution in [1.29, 1.82) is 0 Å². The first-order valence-corrected chi connectivity index (χ1v) is 6.37. The Morgan fingerprint density at radius 2 is 2.28 bits per heavy atom. The van der Waals surface area contributed by atoms with Crippen molar-refractivity contribution in [2.75, 3.05) is 6.54 Å². The number of halogens is 1. The zero-order valence-electron chi connectivity index (χ0n) is 9.61. The summed E-state index contributed by atoms with van der Waals surface area (Å²) < 4.78 is 13.4. The summed E-state index contributed by atoms with van der Waals surface area (Å²) in [5, 5.41) is 0.814. The van der Waals surface area contributed by atoms with Crippen LogP contribution >= 0.6 is 11.8 Å². The zero-order valence-corrected chi connectivity index (χ0v) is 10.4. The van der Waals surface area contributed by atoms with Crippen LogP contribution in [0.3, 0.4) is 0 Å². The molecule has 3 nitrogen and oxygen atoms in total. The van der Waals surface area contributed by atoms with Gasteiger partial charge in [-0.15, -0.1) is 0 Å². The third-order valence-corrected chi connectivity index (χ3v) is 3.12. The van der Waals surface area contributed by atoms with Crippen LogP contribution in [0.25, 0.3) is 0 Å². The Hall–Kier alpha value is -1.77. The molecule has 3 N–H and O–H groups in total. The molecule has 0 aliphatic carbocycles. The maximum atomic E-state index is 13.4. The Morgan fingerprint density at radius 3 is 3.00 bits per heavy atom. The SMILES string of the molecule is NCC#Cc1cc(F)cc(CSc2ncc[nH]2)c1. The number of nitrogens with zero attached hydrogens (tertiary/aromatic N) is 1. The Morgan fingerprint density at radius 1 is 1.39 bits per heavy atom. The standard InChI is InChI=1S/C13H12FN3S/c14-12-7-10(2-1-3-15)6-11(8-12)9-18-13-16-4-5-17-13/h4-8H,3,9,15H2,(H,16,17). The molecule has 0 saturated carbocycles. The van der Waals surface area contributed by atoms with Crippen molar-refractivity contribution in [2.24, 2.45) is 5.73 Å². The number of aromatic amines is 1. The number of imidazole rings is 1. The van der Waals surface area contributed by atoms with Gasteiger partial charge < -0.3 is 10.7 Å². The minimum absolute atomic E-state index is 0.271. The van der Waals surface area contributed by atoms with Crippen LogP contribution in [0.2, 0.25) is 0 Å². The number of H-pyrrole nitrogens is 1. The highest BCUT2D eigenvalue weighted by Crippen LogP contribution is 2.20. The predicted octanol–water partition coefficient (Wildman–Crippen LogP) is 2.15. The van der Waals surface area contributed by atoms with Crippen LogP contribution in [0.4, 0.5) is 4.39 Å². The second kappa shape index (κ2) is 6.24. The molecule has 0 bridgehead atoms. The molecule has 92 valence electrons. The third-order valence-electron chi connectivity index (χ3n) is 2.14. The van der Waals surface area contributed by atoms with E-state index in [9.17, 15) is 4.39 Å². The first-order chi connectivity index (χ1) is 8.78. The lowest BCUT2D eigenvalue weighted by atomic mass is 10.1. The molecule has 0 aliphatic heterocycles. The Kier molecular flexibility index (Phi) is 4.40. The molecule has 2 rings (SSSR count). The number of thioether (sulfide) groups is 1. The molecule has 2 aromatic rings. The lowest BCUT2D eigenvalue weighted by molar-refractivity contribution is 0.626. The van der Waals surface area contributed by atoms with Crippen molar-refractivity contribution in [1.82, 2.24) is 9.97 Å². The smallest absolute Gasteiger partial charge is 0.165 e. The van der Waals surface area contributed by atoms with Gasteiger partial charge in [0.1, 0.15) is 5.82 Å². The van der Waals surface area contributed by atoms with Crippen molar-refractivity contribution in [3.8, 4) is 11.8 Å². The maximum Gasteiger partial charge on any atom is 0.165 e. The molecular weight excluding hydrogens is 249 g/mol. The van der Waals surface area contributed by atoms with Gasteiger partial charge in [-0.25, -0.2) is 9.37 Å². The Balaban J connectivity index is 2.10. The first kappa shape index (κ1) is 12.7. The first-order valence-electron chi connectivity index (χ1n) is 5.38. The zero-order chi connectivity index (χ0) is 12.8. The summed E-state index contributed by atoms with van der Waals surface area (Å²) in [4.78, 5) is 7.08. The van der Waals surface area contributed by atoms with E-state index in [1.165, 1.54) is 23.9 Å². The van der Waals surface area contributed by atoms with Gasteiger partial charge in [0.2, 0.25) is 0 Å². The molecule has 0 atom stereocenters. The van der Waals surface area contributed by atoms with Crippen molar-refractivity contribution < 1.29 is 4.39 Å². The van der Waals surface area contributed by atoms with Gasteiger partial charge in [0.05, 0.1) is 6.54 Å². The Bertz CT molecular complexity index is 570. The molecular formula is C13H12FN3S. The second-order valence-corrected chi connectivity index (χ2v) is 4.50. The molecule has 0 amide bonds. The van der Waals surface area contributed by atoms with E-state index in [1.807, 2.05) is 6.07 Å². The predicted molar refractivity (Wildman–Crippen MR) is 70.5 cm³/mol. The van der Waals surface area contributed by atoms with Crippen LogP contribution in [-0.2, 0) is 5.75 Å². The molecule has 0 aliphatic rings. The van der Waals surface area contributed by atoms with Crippen LogP contribution in [0, 0.1) is 17.7 Å². The number of rotatable bonds is 3. The number of nitrogens with one attached hydrogen (secondary N) is 1. The summed E-state index contributed by atoms with van der Waals surface area (Å²) in [6.45, 7) is 0.271. The van der Waals surface area contributed by atoms with Crippen LogP contribution in [-0.4, -0.2) is 16.5 Å². The van der Waals surface area contributed by atoms with E-state index in [0.717, 1.165) is 10.7 Å². The summed E-state index contributed by atoms with van der Waals surface area (Å²) in [6.07, 6.45) is 3.44. The third kappa shape index (κ3) is 3.62. The van der Waals surface area contributed by atoms with Crippen molar-refractivity contribution in [3.63, 3.8) is 0 Å². The number of nitrogens with two attached hydrogens (primary N) is 1. The van der Waals surface area contributed by atoms with Crippen molar-refractivity contribution in [3.05, 3.63) is 47.5 Å². The monoisotopic (exact) mass is 261 g/mol. The largest absolute Gasteiger partial charge is 0.340 e. The summed E-state index contributed by atoms with van der Waals surface area (Å²) in [5.41, 5.74) is 6.81. The summed E-state index contributed by atoms with van der Waals surface area (Å²) >= 11 is 1.52. The van der Waals surface area contributed by atoms with Gasteiger partial charge >= 0.3 is 0 Å². The molecule has 0 fully saturated rings. The second-order valence-electron chi connectivity index (χ2n) is 3.54. The van der Waals surface area contributed by atoms with E-state index in [4.69, 9.17) is 5.73 Å². The van der Waals surface area contributed by atoms with Crippen LogP contribution in [0.15, 0.2) is 35.7 Å². The van der Waals surface area contributed by atoms with E-state index in [-0.39, 0.29) is 12.4 Å². The number of aromatic nitrogens is 2. The highest BCUT2D eigenvalue weighted by Gasteiger charge is 2.02. The molecule has 1 aromatic carbocycles. The van der Waals surface area contributed by atoms with Crippen LogP contribution < -0.4 is 5.73 Å². The van der Waals surface area contributed by atoms with E-state index in [1.54, 1.807) is 12.4 Å². The fourth-order valence-electron chi connectivity index (χ4n) is 1.44. The van der Waals surface area contributed by atoms with Crippen LogP contribution in [0.5, 0.6) is 0 Å². The molecule has 1 aromatic heterocycles. The fourth-order valence-corrected chi connectivity index (χ4v) is 2.20. The van der Waals surface area contributed by atoms with Gasteiger partial charge in [0, 0.05) is 23.7 Å². The fraction of sp³-hybridized carbons (Fsp3) is 0.154. The van der Waals surface area contributed by atoms with Gasteiger partial charge in [-0.1, -0.05) is 23.6 Å². The normalized spacial score (nSPS) is 9.89. The van der Waals surface area contributed by atoms with Gasteiger partial charge in [0.15, 0.2) is 5.16 Å². The van der Waals surface area contributed by atoms with Crippen LogP contribution in [0.1, 0.15) is 11.1 Å². The average Bonchev–Trinajstić information content (AvgIpc) is 2.86. The van der Waals surface area contributed by atoms with Gasteiger partial charge in [-0.2, -0.15) is 0 Å². The molecule has 0 saturated heterocycles. The van der Waals surface area contributed by atoms with Gasteiger partial charge in [0.25, 0.3) is 0 Å². The number of hydrogen-bond donors (Lipinski definition) is 2. The van der Waals surface area contributed by atoms with Crippen molar-refractivity contribution in [2.45, 2.75) is 10.9 Å². The topological polar surface area (TPSA) is 54.7 Å².